The van der Waals surface area contributed by atoms with E-state index in [0.717, 1.165) is 11.3 Å². The number of hydrogen-bond donors (Lipinski definition) is 0. The van der Waals surface area contributed by atoms with Crippen LogP contribution >= 0.6 is 0 Å². The van der Waals surface area contributed by atoms with Gasteiger partial charge in [-0.25, -0.2) is 0 Å². The fraction of sp³-hybridized carbons (Fsp3) is 0.267. The third-order valence-corrected chi connectivity index (χ3v) is 2.76. The van der Waals surface area contributed by atoms with Gasteiger partial charge in [0.2, 0.25) is 0 Å². The van der Waals surface area contributed by atoms with Crippen LogP contribution < -0.4 is 4.74 Å². The first-order valence-electron chi connectivity index (χ1n) is 6.15. The van der Waals surface area contributed by atoms with Gasteiger partial charge in [-0.05, 0) is 36.8 Å². The number of nitrogens with zero attached hydrogens (tertiary/aromatic N) is 1. The number of amides is 1. The molecule has 0 atom stereocenters. The van der Waals surface area contributed by atoms with E-state index in [1.165, 1.54) is 6.26 Å². The molecule has 100 valence electrons. The van der Waals surface area contributed by atoms with Crippen molar-refractivity contribution in [1.82, 2.24) is 4.90 Å². The Labute approximate surface area is 112 Å². The Morgan fingerprint density at radius 1 is 1.32 bits per heavy atom. The molecule has 0 bridgehead atoms. The van der Waals surface area contributed by atoms with Gasteiger partial charge in [-0.2, -0.15) is 0 Å². The number of aryl methyl sites for hydroxylation is 1. The molecule has 1 aromatic carbocycles. The summed E-state index contributed by atoms with van der Waals surface area (Å²) >= 11 is 0. The monoisotopic (exact) mass is 259 g/mol. The van der Waals surface area contributed by atoms with Gasteiger partial charge in [0.15, 0.2) is 5.76 Å². The zero-order valence-electron chi connectivity index (χ0n) is 11.1. The zero-order valence-corrected chi connectivity index (χ0v) is 11.1. The number of ether oxygens (including phenoxy) is 1. The van der Waals surface area contributed by atoms with E-state index in [0.29, 0.717) is 18.9 Å². The van der Waals surface area contributed by atoms with Crippen molar-refractivity contribution < 1.29 is 13.9 Å². The highest BCUT2D eigenvalue weighted by molar-refractivity contribution is 5.91. The summed E-state index contributed by atoms with van der Waals surface area (Å²) < 4.78 is 10.7. The Morgan fingerprint density at radius 2 is 2.16 bits per heavy atom. The number of carbonyl (C=O) groups is 1. The van der Waals surface area contributed by atoms with E-state index in [4.69, 9.17) is 9.15 Å². The van der Waals surface area contributed by atoms with Crippen molar-refractivity contribution in [2.45, 2.75) is 6.92 Å². The first kappa shape index (κ1) is 13.2. The van der Waals surface area contributed by atoms with Crippen LogP contribution in [0, 0.1) is 6.92 Å². The average Bonchev–Trinajstić information content (AvgIpc) is 2.91. The smallest absolute Gasteiger partial charge is 0.289 e. The number of rotatable bonds is 5. The van der Waals surface area contributed by atoms with Gasteiger partial charge >= 0.3 is 0 Å². The van der Waals surface area contributed by atoms with Gasteiger partial charge < -0.3 is 14.1 Å². The Morgan fingerprint density at radius 3 is 2.84 bits per heavy atom. The summed E-state index contributed by atoms with van der Waals surface area (Å²) in [4.78, 5) is 13.5. The molecule has 4 nitrogen and oxygen atoms in total. The summed E-state index contributed by atoms with van der Waals surface area (Å²) in [5.74, 6) is 1.02. The van der Waals surface area contributed by atoms with E-state index in [-0.39, 0.29) is 5.91 Å². The Balaban J connectivity index is 1.81. The number of hydrogen-bond acceptors (Lipinski definition) is 3. The normalized spacial score (nSPS) is 10.2. The van der Waals surface area contributed by atoms with Crippen LogP contribution in [0.4, 0.5) is 0 Å². The molecule has 0 N–H and O–H groups in total. The maximum atomic E-state index is 11.9. The zero-order chi connectivity index (χ0) is 13.7. The lowest BCUT2D eigenvalue weighted by atomic mass is 10.2. The van der Waals surface area contributed by atoms with E-state index in [1.807, 2.05) is 31.2 Å². The Bertz CT molecular complexity index is 534. The molecule has 19 heavy (non-hydrogen) atoms. The third kappa shape index (κ3) is 3.61. The molecule has 0 unspecified atom stereocenters. The highest BCUT2D eigenvalue weighted by Gasteiger charge is 2.13. The van der Waals surface area contributed by atoms with Gasteiger partial charge in [0, 0.05) is 7.05 Å². The second-order valence-electron chi connectivity index (χ2n) is 4.37. The topological polar surface area (TPSA) is 42.7 Å². The molecule has 0 saturated heterocycles. The van der Waals surface area contributed by atoms with E-state index < -0.39 is 0 Å². The van der Waals surface area contributed by atoms with Crippen LogP contribution in [0.3, 0.4) is 0 Å². The first-order chi connectivity index (χ1) is 9.16. The van der Waals surface area contributed by atoms with Gasteiger partial charge in [0.05, 0.1) is 12.8 Å². The first-order valence-corrected chi connectivity index (χ1v) is 6.15. The fourth-order valence-corrected chi connectivity index (χ4v) is 1.70. The van der Waals surface area contributed by atoms with E-state index in [9.17, 15) is 4.79 Å². The van der Waals surface area contributed by atoms with Crippen LogP contribution in [0.1, 0.15) is 16.1 Å². The van der Waals surface area contributed by atoms with Crippen molar-refractivity contribution in [3.8, 4) is 5.75 Å². The molecule has 1 aromatic heterocycles. The summed E-state index contributed by atoms with van der Waals surface area (Å²) in [7, 11) is 1.73. The van der Waals surface area contributed by atoms with Crippen LogP contribution in [-0.4, -0.2) is 31.0 Å². The molecule has 0 saturated carbocycles. The molecule has 2 rings (SSSR count). The summed E-state index contributed by atoms with van der Waals surface area (Å²) in [6.45, 7) is 2.97. The van der Waals surface area contributed by atoms with Crippen molar-refractivity contribution in [3.05, 3.63) is 54.0 Å². The molecule has 0 aliphatic rings. The number of carbonyl (C=O) groups excluding carboxylic acids is 1. The molecule has 0 aliphatic heterocycles. The summed E-state index contributed by atoms with van der Waals surface area (Å²) in [5, 5.41) is 0. The maximum absolute atomic E-state index is 11.9. The Kier molecular flexibility index (Phi) is 4.23. The van der Waals surface area contributed by atoms with Crippen LogP contribution in [0.5, 0.6) is 5.75 Å². The highest BCUT2D eigenvalue weighted by Crippen LogP contribution is 2.12. The lowest BCUT2D eigenvalue weighted by Gasteiger charge is -2.16. The molecule has 0 spiro atoms. The van der Waals surface area contributed by atoms with Gasteiger partial charge in [-0.3, -0.25) is 4.79 Å². The second-order valence-corrected chi connectivity index (χ2v) is 4.37. The molecular weight excluding hydrogens is 242 g/mol. The summed E-state index contributed by atoms with van der Waals surface area (Å²) in [5.41, 5.74) is 1.15. The van der Waals surface area contributed by atoms with Crippen molar-refractivity contribution in [3.63, 3.8) is 0 Å². The standard InChI is InChI=1S/C15H17NO3/c1-12-5-3-6-13(11-12)18-10-8-16(2)15(17)14-7-4-9-19-14/h3-7,9,11H,8,10H2,1-2H3. The fourth-order valence-electron chi connectivity index (χ4n) is 1.70. The summed E-state index contributed by atoms with van der Waals surface area (Å²) in [6, 6.07) is 11.2. The quantitative estimate of drug-likeness (QED) is 0.829. The van der Waals surface area contributed by atoms with Crippen LogP contribution in [0.2, 0.25) is 0 Å². The molecule has 4 heteroatoms. The van der Waals surface area contributed by atoms with Crippen LogP contribution in [-0.2, 0) is 0 Å². The third-order valence-electron chi connectivity index (χ3n) is 2.76. The van der Waals surface area contributed by atoms with Crippen molar-refractivity contribution in [1.29, 1.82) is 0 Å². The molecule has 0 radical (unpaired) electrons. The lowest BCUT2D eigenvalue weighted by Crippen LogP contribution is -2.30. The molecule has 1 heterocycles. The molecular formula is C15H17NO3. The van der Waals surface area contributed by atoms with Crippen LogP contribution in [0.15, 0.2) is 47.1 Å². The molecule has 0 fully saturated rings. The highest BCUT2D eigenvalue weighted by atomic mass is 16.5. The molecule has 1 amide bonds. The van der Waals surface area contributed by atoms with Gasteiger partial charge in [0.25, 0.3) is 5.91 Å². The van der Waals surface area contributed by atoms with Crippen molar-refractivity contribution in [2.75, 3.05) is 20.2 Å². The minimum absolute atomic E-state index is 0.141. The van der Waals surface area contributed by atoms with Gasteiger partial charge in [-0.1, -0.05) is 12.1 Å². The van der Waals surface area contributed by atoms with Gasteiger partial charge in [-0.15, -0.1) is 0 Å². The molecule has 2 aromatic rings. The predicted octanol–water partition coefficient (Wildman–Crippen LogP) is 2.74. The predicted molar refractivity (Wildman–Crippen MR) is 72.3 cm³/mol. The number of furan rings is 1. The average molecular weight is 259 g/mol. The molecule has 0 aliphatic carbocycles. The van der Waals surface area contributed by atoms with Crippen LogP contribution in [0.25, 0.3) is 0 Å². The minimum atomic E-state index is -0.141. The largest absolute Gasteiger partial charge is 0.492 e. The minimum Gasteiger partial charge on any atom is -0.492 e. The van der Waals surface area contributed by atoms with E-state index >= 15 is 0 Å². The SMILES string of the molecule is Cc1cccc(OCCN(C)C(=O)c2ccco2)c1. The number of benzene rings is 1. The maximum Gasteiger partial charge on any atom is 0.289 e. The van der Waals surface area contributed by atoms with Crippen molar-refractivity contribution >= 4 is 5.91 Å². The summed E-state index contributed by atoms with van der Waals surface area (Å²) in [6.07, 6.45) is 1.49. The van der Waals surface area contributed by atoms with Crippen molar-refractivity contribution in [2.24, 2.45) is 0 Å². The van der Waals surface area contributed by atoms with E-state index in [1.54, 1.807) is 24.1 Å². The lowest BCUT2D eigenvalue weighted by molar-refractivity contribution is 0.0742. The van der Waals surface area contributed by atoms with Gasteiger partial charge in [0.1, 0.15) is 12.4 Å². The van der Waals surface area contributed by atoms with E-state index in [2.05, 4.69) is 0 Å². The number of likely N-dealkylation sites (N-methyl/N-ethyl adjacent to an activating group) is 1. The Hall–Kier alpha value is -2.23. The second kappa shape index (κ2) is 6.09.